The Balaban J connectivity index is 1.57. The number of hydrogen-bond acceptors (Lipinski definition) is 6. The maximum Gasteiger partial charge on any atom is 0.342 e. The molecule has 0 spiro atoms. The van der Waals surface area contributed by atoms with E-state index in [4.69, 9.17) is 4.74 Å². The zero-order chi connectivity index (χ0) is 21.8. The summed E-state index contributed by atoms with van der Waals surface area (Å²) >= 11 is 0. The van der Waals surface area contributed by atoms with Crippen LogP contribution in [0.1, 0.15) is 62.2 Å². The first kappa shape index (κ1) is 21.2. The van der Waals surface area contributed by atoms with Gasteiger partial charge < -0.3 is 15.0 Å². The fourth-order valence-corrected chi connectivity index (χ4v) is 4.15. The van der Waals surface area contributed by atoms with Crippen LogP contribution in [0, 0.1) is 11.7 Å². The summed E-state index contributed by atoms with van der Waals surface area (Å²) < 4.78 is 20.7. The van der Waals surface area contributed by atoms with Crippen molar-refractivity contribution < 1.29 is 18.7 Å². The van der Waals surface area contributed by atoms with E-state index in [0.717, 1.165) is 51.0 Å². The van der Waals surface area contributed by atoms with Crippen molar-refractivity contribution in [1.29, 1.82) is 0 Å². The molecule has 1 aliphatic heterocycles. The molecule has 0 atom stereocenters. The Hall–Kier alpha value is -3.04. The number of carbonyl (C=O) groups excluding carboxylic acids is 2. The largest absolute Gasteiger partial charge is 0.459 e. The number of H-pyrrole nitrogens is 1. The lowest BCUT2D eigenvalue weighted by Gasteiger charge is -2.30. The number of aromatic nitrogens is 4. The van der Waals surface area contributed by atoms with Crippen molar-refractivity contribution in [2.45, 2.75) is 58.0 Å². The molecular formula is C21H27FN6O3. The second kappa shape index (κ2) is 9.40. The molecule has 2 aliphatic rings. The Morgan fingerprint density at radius 3 is 2.58 bits per heavy atom. The molecule has 31 heavy (non-hydrogen) atoms. The molecule has 10 heteroatoms. The molecule has 2 amide bonds. The number of likely N-dealkylation sites (tertiary alicyclic amines) is 1. The highest BCUT2D eigenvalue weighted by molar-refractivity contribution is 5.99. The van der Waals surface area contributed by atoms with E-state index in [9.17, 15) is 9.59 Å². The number of halogens is 1. The second-order valence-corrected chi connectivity index (χ2v) is 8.38. The predicted molar refractivity (Wildman–Crippen MR) is 111 cm³/mol. The van der Waals surface area contributed by atoms with E-state index in [2.05, 4.69) is 32.9 Å². The number of piperidine rings is 1. The van der Waals surface area contributed by atoms with Gasteiger partial charge in [0.05, 0.1) is 0 Å². The summed E-state index contributed by atoms with van der Waals surface area (Å²) in [5.74, 6) is -0.920. The van der Waals surface area contributed by atoms with E-state index in [1.807, 2.05) is 0 Å². The summed E-state index contributed by atoms with van der Waals surface area (Å²) in [6, 6.07) is 2.31. The molecule has 4 rings (SSSR count). The molecule has 2 aromatic rings. The lowest BCUT2D eigenvalue weighted by molar-refractivity contribution is 0.0207. The number of amides is 2. The number of aromatic amines is 1. The third kappa shape index (κ3) is 5.00. The summed E-state index contributed by atoms with van der Waals surface area (Å²) in [5.41, 5.74) is 0.0871. The van der Waals surface area contributed by atoms with E-state index < -0.39 is 11.8 Å². The van der Waals surface area contributed by atoms with Crippen LogP contribution in [-0.4, -0.2) is 56.7 Å². The predicted octanol–water partition coefficient (Wildman–Crippen LogP) is 3.76. The standard InChI is InChI=1S/C21H27FN6O3/c1-13-7-9-28(10-8-13)21(30)23-14-11-16(19-24-26-27-25-19)18(17(22)12-14)20(29)31-15-5-3-2-4-6-15/h11-13,15H,2-10H2,1H3,(H,23,30)(H,24,25,26,27). The molecule has 1 aromatic heterocycles. The lowest BCUT2D eigenvalue weighted by Crippen LogP contribution is -2.40. The fourth-order valence-electron chi connectivity index (χ4n) is 4.15. The molecule has 9 nitrogen and oxygen atoms in total. The molecule has 0 unspecified atom stereocenters. The molecule has 2 fully saturated rings. The first-order chi connectivity index (χ1) is 15.0. The van der Waals surface area contributed by atoms with Crippen molar-refractivity contribution in [2.24, 2.45) is 5.92 Å². The Morgan fingerprint density at radius 2 is 1.90 bits per heavy atom. The number of carbonyl (C=O) groups is 2. The number of hydrogen-bond donors (Lipinski definition) is 2. The first-order valence-electron chi connectivity index (χ1n) is 10.9. The van der Waals surface area contributed by atoms with Gasteiger partial charge in [-0.3, -0.25) is 0 Å². The van der Waals surface area contributed by atoms with Crippen LogP contribution in [0.25, 0.3) is 11.4 Å². The van der Waals surface area contributed by atoms with Gasteiger partial charge in [0.15, 0.2) is 0 Å². The molecule has 166 valence electrons. The van der Waals surface area contributed by atoms with Crippen LogP contribution in [0.3, 0.4) is 0 Å². The highest BCUT2D eigenvalue weighted by Crippen LogP contribution is 2.30. The molecule has 1 saturated heterocycles. The maximum absolute atomic E-state index is 15.1. The van der Waals surface area contributed by atoms with Crippen molar-refractivity contribution in [2.75, 3.05) is 18.4 Å². The summed E-state index contributed by atoms with van der Waals surface area (Å²) in [4.78, 5) is 27.1. The van der Waals surface area contributed by atoms with Gasteiger partial charge in [0.1, 0.15) is 17.5 Å². The number of urea groups is 1. The van der Waals surface area contributed by atoms with Crippen LogP contribution >= 0.6 is 0 Å². The number of tetrazole rings is 1. The Bertz CT molecular complexity index is 921. The molecule has 2 N–H and O–H groups in total. The molecule has 1 aromatic carbocycles. The van der Waals surface area contributed by atoms with Gasteiger partial charge in [0, 0.05) is 24.3 Å². The van der Waals surface area contributed by atoms with Gasteiger partial charge in [-0.2, -0.15) is 5.21 Å². The Morgan fingerprint density at radius 1 is 1.16 bits per heavy atom. The number of nitrogens with zero attached hydrogens (tertiary/aromatic N) is 4. The molecule has 0 radical (unpaired) electrons. The smallest absolute Gasteiger partial charge is 0.342 e. The molecule has 1 aliphatic carbocycles. The number of rotatable bonds is 4. The van der Waals surface area contributed by atoms with Crippen molar-refractivity contribution in [3.8, 4) is 11.4 Å². The molecule has 0 bridgehead atoms. The third-order valence-electron chi connectivity index (χ3n) is 6.03. The van der Waals surface area contributed by atoms with Crippen molar-refractivity contribution in [3.05, 3.63) is 23.5 Å². The van der Waals surface area contributed by atoms with Crippen LogP contribution in [0.15, 0.2) is 12.1 Å². The van der Waals surface area contributed by atoms with Gasteiger partial charge in [-0.1, -0.05) is 13.3 Å². The van der Waals surface area contributed by atoms with Crippen LogP contribution in [0.2, 0.25) is 0 Å². The minimum Gasteiger partial charge on any atom is -0.459 e. The summed E-state index contributed by atoms with van der Waals surface area (Å²) in [6.07, 6.45) is 6.27. The van der Waals surface area contributed by atoms with Crippen LogP contribution < -0.4 is 5.32 Å². The van der Waals surface area contributed by atoms with Gasteiger partial charge in [-0.25, -0.2) is 14.0 Å². The zero-order valence-corrected chi connectivity index (χ0v) is 17.6. The van der Waals surface area contributed by atoms with Gasteiger partial charge >= 0.3 is 12.0 Å². The van der Waals surface area contributed by atoms with E-state index in [1.165, 1.54) is 6.07 Å². The van der Waals surface area contributed by atoms with Gasteiger partial charge in [-0.05, 0) is 61.8 Å². The van der Waals surface area contributed by atoms with Crippen LogP contribution in [-0.2, 0) is 4.74 Å². The minimum atomic E-state index is -0.800. The monoisotopic (exact) mass is 430 g/mol. The van der Waals surface area contributed by atoms with E-state index in [0.29, 0.717) is 19.0 Å². The topological polar surface area (TPSA) is 113 Å². The van der Waals surface area contributed by atoms with E-state index in [-0.39, 0.29) is 34.8 Å². The minimum absolute atomic E-state index is 0.0531. The van der Waals surface area contributed by atoms with E-state index in [1.54, 1.807) is 4.90 Å². The van der Waals surface area contributed by atoms with Crippen LogP contribution in [0.5, 0.6) is 0 Å². The summed E-state index contributed by atoms with van der Waals surface area (Å²) in [5, 5.41) is 16.3. The summed E-state index contributed by atoms with van der Waals surface area (Å²) in [7, 11) is 0. The number of nitrogens with one attached hydrogen (secondary N) is 2. The highest BCUT2D eigenvalue weighted by Gasteiger charge is 2.27. The first-order valence-corrected chi connectivity index (χ1v) is 10.9. The average molecular weight is 430 g/mol. The van der Waals surface area contributed by atoms with Crippen LogP contribution in [0.4, 0.5) is 14.9 Å². The SMILES string of the molecule is CC1CCN(C(=O)Nc2cc(F)c(C(=O)OC3CCCCC3)c(-c3nn[nH]n3)c2)CC1. The molecular weight excluding hydrogens is 403 g/mol. The quantitative estimate of drug-likeness (QED) is 0.714. The van der Waals surface area contributed by atoms with Gasteiger partial charge in [-0.15, -0.1) is 10.2 Å². The van der Waals surface area contributed by atoms with Crippen molar-refractivity contribution in [3.63, 3.8) is 0 Å². The maximum atomic E-state index is 15.1. The second-order valence-electron chi connectivity index (χ2n) is 8.38. The van der Waals surface area contributed by atoms with Crippen molar-refractivity contribution in [1.82, 2.24) is 25.5 Å². The fraction of sp³-hybridized carbons (Fsp3) is 0.571. The zero-order valence-electron chi connectivity index (χ0n) is 17.6. The van der Waals surface area contributed by atoms with Crippen molar-refractivity contribution >= 4 is 17.7 Å². The lowest BCUT2D eigenvalue weighted by atomic mass is 9.97. The normalized spacial score (nSPS) is 18.1. The molecule has 1 saturated carbocycles. The number of anilines is 1. The average Bonchev–Trinajstić information content (AvgIpc) is 3.29. The highest BCUT2D eigenvalue weighted by atomic mass is 19.1. The van der Waals surface area contributed by atoms with Gasteiger partial charge in [0.25, 0.3) is 0 Å². The Kier molecular flexibility index (Phi) is 6.43. The Labute approximate surface area is 179 Å². The number of esters is 1. The summed E-state index contributed by atoms with van der Waals surface area (Å²) in [6.45, 7) is 3.46. The van der Waals surface area contributed by atoms with Gasteiger partial charge in [0.2, 0.25) is 5.82 Å². The molecule has 2 heterocycles. The third-order valence-corrected chi connectivity index (χ3v) is 6.03. The number of benzene rings is 1. The van der Waals surface area contributed by atoms with E-state index >= 15 is 4.39 Å². The number of ether oxygens (including phenoxy) is 1.